The van der Waals surface area contributed by atoms with Crippen molar-refractivity contribution in [3.8, 4) is 0 Å². The van der Waals surface area contributed by atoms with Gasteiger partial charge in [0.05, 0.1) is 35.8 Å². The van der Waals surface area contributed by atoms with Crippen molar-refractivity contribution in [2.24, 2.45) is 0 Å². The Balaban J connectivity index is 2.23. The molecular weight excluding hydrogens is 184 g/mol. The average Bonchev–Trinajstić information content (AvgIpc) is 2.38. The SMILES string of the molecule is OC1C(Cl)C(O)C2NNC1C2O. The number of hydrogen-bond donors (Lipinski definition) is 5. The van der Waals surface area contributed by atoms with E-state index in [9.17, 15) is 15.3 Å². The van der Waals surface area contributed by atoms with Crippen LogP contribution in [0.4, 0.5) is 0 Å². The zero-order valence-electron chi connectivity index (χ0n) is 6.18. The molecule has 1 aliphatic carbocycles. The van der Waals surface area contributed by atoms with E-state index in [0.29, 0.717) is 0 Å². The lowest BCUT2D eigenvalue weighted by Crippen LogP contribution is -2.59. The largest absolute Gasteiger partial charge is 0.390 e. The first-order chi connectivity index (χ1) is 5.63. The van der Waals surface area contributed by atoms with Gasteiger partial charge in [-0.1, -0.05) is 0 Å². The molecule has 0 radical (unpaired) electrons. The zero-order valence-corrected chi connectivity index (χ0v) is 6.94. The molecule has 1 heterocycles. The molecule has 4 atom stereocenters. The first kappa shape index (κ1) is 8.68. The van der Waals surface area contributed by atoms with Crippen LogP contribution in [0.1, 0.15) is 0 Å². The van der Waals surface area contributed by atoms with Crippen molar-refractivity contribution >= 4 is 11.6 Å². The Morgan fingerprint density at radius 3 is 1.67 bits per heavy atom. The van der Waals surface area contributed by atoms with E-state index in [1.54, 1.807) is 0 Å². The Kier molecular flexibility index (Phi) is 2.02. The lowest BCUT2D eigenvalue weighted by Gasteiger charge is -2.35. The maximum atomic E-state index is 9.46. The number of aliphatic hydroxyl groups excluding tert-OH is 3. The minimum absolute atomic E-state index is 0.485. The highest BCUT2D eigenvalue weighted by Crippen LogP contribution is 2.27. The first-order valence-electron chi connectivity index (χ1n) is 3.82. The van der Waals surface area contributed by atoms with E-state index in [0.717, 1.165) is 0 Å². The number of rotatable bonds is 0. The van der Waals surface area contributed by atoms with E-state index in [4.69, 9.17) is 11.6 Å². The molecule has 1 saturated heterocycles. The molecular formula is C6H11ClN2O3. The number of hydrazine groups is 1. The number of aliphatic hydroxyl groups is 3. The monoisotopic (exact) mass is 194 g/mol. The lowest BCUT2D eigenvalue weighted by molar-refractivity contribution is -0.0332. The van der Waals surface area contributed by atoms with Crippen molar-refractivity contribution in [1.82, 2.24) is 10.9 Å². The van der Waals surface area contributed by atoms with E-state index in [1.165, 1.54) is 0 Å². The van der Waals surface area contributed by atoms with Crippen LogP contribution in [0.3, 0.4) is 0 Å². The van der Waals surface area contributed by atoms with Gasteiger partial charge in [-0.15, -0.1) is 11.6 Å². The molecule has 0 amide bonds. The topological polar surface area (TPSA) is 84.8 Å². The molecule has 70 valence electrons. The molecule has 2 rings (SSSR count). The molecule has 1 saturated carbocycles. The standard InChI is InChI=1S/C6H11ClN2O3/c7-1-4(10)2-6(12)3(5(1)11)9-8-2/h1-6,8-12H. The van der Waals surface area contributed by atoms with Gasteiger partial charge in [0.2, 0.25) is 0 Å². The van der Waals surface area contributed by atoms with Crippen LogP contribution in [-0.2, 0) is 0 Å². The molecule has 1 aliphatic heterocycles. The third-order valence-corrected chi connectivity index (χ3v) is 3.06. The fourth-order valence-electron chi connectivity index (χ4n) is 1.76. The maximum Gasteiger partial charge on any atom is 0.0924 e. The average molecular weight is 195 g/mol. The van der Waals surface area contributed by atoms with Gasteiger partial charge in [-0.05, 0) is 0 Å². The summed E-state index contributed by atoms with van der Waals surface area (Å²) in [6.07, 6.45) is -2.64. The minimum atomic E-state index is -0.928. The van der Waals surface area contributed by atoms with Gasteiger partial charge in [-0.2, -0.15) is 0 Å². The Morgan fingerprint density at radius 1 is 0.833 bits per heavy atom. The molecule has 2 fully saturated rings. The molecule has 6 heteroatoms. The van der Waals surface area contributed by atoms with Crippen molar-refractivity contribution in [2.45, 2.75) is 35.8 Å². The number of nitrogens with one attached hydrogen (secondary N) is 2. The highest BCUT2D eigenvalue weighted by atomic mass is 35.5. The molecule has 0 aromatic carbocycles. The smallest absolute Gasteiger partial charge is 0.0924 e. The molecule has 4 unspecified atom stereocenters. The van der Waals surface area contributed by atoms with E-state index < -0.39 is 35.8 Å². The summed E-state index contributed by atoms with van der Waals surface area (Å²) in [5.41, 5.74) is 5.37. The third kappa shape index (κ3) is 0.985. The fraction of sp³-hybridized carbons (Fsp3) is 1.00. The zero-order chi connectivity index (χ0) is 8.88. The Morgan fingerprint density at radius 2 is 1.25 bits per heavy atom. The van der Waals surface area contributed by atoms with Gasteiger partial charge in [0.1, 0.15) is 0 Å². The third-order valence-electron chi connectivity index (χ3n) is 2.54. The number of fused-ring (bicyclic) bond motifs is 2. The summed E-state index contributed by atoms with van der Waals surface area (Å²) >= 11 is 5.72. The van der Waals surface area contributed by atoms with Gasteiger partial charge >= 0.3 is 0 Å². The quantitative estimate of drug-likeness (QED) is 0.276. The lowest BCUT2D eigenvalue weighted by atomic mass is 9.86. The second kappa shape index (κ2) is 2.80. The molecule has 12 heavy (non-hydrogen) atoms. The summed E-state index contributed by atoms with van der Waals surface area (Å²) in [5.74, 6) is 0. The van der Waals surface area contributed by atoms with Crippen molar-refractivity contribution in [2.75, 3.05) is 0 Å². The van der Waals surface area contributed by atoms with Crippen LogP contribution in [0.2, 0.25) is 0 Å². The number of alkyl halides is 1. The van der Waals surface area contributed by atoms with E-state index in [2.05, 4.69) is 10.9 Å². The van der Waals surface area contributed by atoms with E-state index in [1.807, 2.05) is 0 Å². The molecule has 0 spiro atoms. The van der Waals surface area contributed by atoms with Gasteiger partial charge in [0.25, 0.3) is 0 Å². The van der Waals surface area contributed by atoms with Gasteiger partial charge < -0.3 is 15.3 Å². The van der Waals surface area contributed by atoms with Gasteiger partial charge in [-0.3, -0.25) is 0 Å². The Labute approximate surface area is 74.3 Å². The van der Waals surface area contributed by atoms with Gasteiger partial charge in [0, 0.05) is 0 Å². The summed E-state index contributed by atoms with van der Waals surface area (Å²) in [4.78, 5) is 0. The summed E-state index contributed by atoms with van der Waals surface area (Å²) in [7, 11) is 0. The molecule has 0 aromatic heterocycles. The number of hydrogen-bond acceptors (Lipinski definition) is 5. The van der Waals surface area contributed by atoms with Crippen LogP contribution < -0.4 is 10.9 Å². The molecule has 5 nitrogen and oxygen atoms in total. The van der Waals surface area contributed by atoms with Crippen molar-refractivity contribution in [3.63, 3.8) is 0 Å². The van der Waals surface area contributed by atoms with Crippen molar-refractivity contribution in [3.05, 3.63) is 0 Å². The predicted molar refractivity (Wildman–Crippen MR) is 41.5 cm³/mol. The molecule has 0 aromatic rings. The second-order valence-corrected chi connectivity index (χ2v) is 3.76. The highest BCUT2D eigenvalue weighted by molar-refractivity contribution is 6.21. The van der Waals surface area contributed by atoms with Gasteiger partial charge in [-0.25, -0.2) is 10.9 Å². The second-order valence-electron chi connectivity index (χ2n) is 3.26. The van der Waals surface area contributed by atoms with Crippen LogP contribution in [0.5, 0.6) is 0 Å². The number of halogens is 1. The normalized spacial score (nSPS) is 59.0. The van der Waals surface area contributed by atoms with E-state index >= 15 is 0 Å². The Bertz CT molecular complexity index is 176. The van der Waals surface area contributed by atoms with Crippen molar-refractivity contribution in [1.29, 1.82) is 0 Å². The Hall–Kier alpha value is 0.0900. The van der Waals surface area contributed by atoms with Crippen LogP contribution in [0.25, 0.3) is 0 Å². The fourth-order valence-corrected chi connectivity index (χ4v) is 2.07. The summed E-state index contributed by atoms with van der Waals surface area (Å²) in [5, 5.41) is 27.6. The minimum Gasteiger partial charge on any atom is -0.390 e. The van der Waals surface area contributed by atoms with Crippen molar-refractivity contribution < 1.29 is 15.3 Å². The van der Waals surface area contributed by atoms with Gasteiger partial charge in [0.15, 0.2) is 0 Å². The van der Waals surface area contributed by atoms with Crippen LogP contribution in [0.15, 0.2) is 0 Å². The summed E-state index contributed by atoms with van der Waals surface area (Å²) in [6, 6.07) is -0.971. The van der Waals surface area contributed by atoms with Crippen LogP contribution >= 0.6 is 11.6 Å². The molecule has 5 N–H and O–H groups in total. The summed E-state index contributed by atoms with van der Waals surface area (Å²) < 4.78 is 0. The molecule has 2 aliphatic rings. The predicted octanol–water partition coefficient (Wildman–Crippen LogP) is -2.46. The van der Waals surface area contributed by atoms with Crippen LogP contribution in [0, 0.1) is 0 Å². The highest BCUT2D eigenvalue weighted by Gasteiger charge is 2.52. The first-order valence-corrected chi connectivity index (χ1v) is 4.26. The summed E-state index contributed by atoms with van der Waals surface area (Å²) in [6.45, 7) is 0. The van der Waals surface area contributed by atoms with Crippen LogP contribution in [-0.4, -0.2) is 51.1 Å². The molecule has 2 bridgehead atoms. The van der Waals surface area contributed by atoms with E-state index in [-0.39, 0.29) is 0 Å². The maximum absolute atomic E-state index is 9.46.